The first-order chi connectivity index (χ1) is 66.8. The van der Waals surface area contributed by atoms with Crippen molar-refractivity contribution >= 4 is 54.4 Å². The standard InChI is InChI=1S/2C30H32NO2.2C14H15N3O3S.5C6H6/c2*1-31(2,21-25-12-6-3-7-13-25)22-28-18-29(32-23-26-14-8-4-9-15-26)20-30(19-28)33-24-27-16-10-5-11-17-27;2*1-17(2)13-7-3-11(4-8-13)15-16-12-5-9-14(10-6-12)21(18,19)20;5*1-2-4-6-5-3-1/h2*3-20H,21-24H2,1-2H3;2*3-10H,1-2H3,(H,18,19,20);5*1-6H/q2*+1;;;;;;;/p-2. The Balaban J connectivity index is 0.000000188. The largest absolute Gasteiger partial charge is 0.744 e. The summed E-state index contributed by atoms with van der Waals surface area (Å²) in [7, 11) is 7.97. The summed E-state index contributed by atoms with van der Waals surface area (Å²) in [6.45, 7) is 5.79. The number of anilines is 2. The summed E-state index contributed by atoms with van der Waals surface area (Å²) in [4.78, 5) is 3.39. The Hall–Kier alpha value is -15.5. The van der Waals surface area contributed by atoms with E-state index < -0.39 is 20.2 Å². The van der Waals surface area contributed by atoms with Crippen molar-refractivity contribution in [3.8, 4) is 23.0 Å². The Kier molecular flexibility index (Phi) is 45.6. The zero-order valence-corrected chi connectivity index (χ0v) is 81.1. The van der Waals surface area contributed by atoms with E-state index in [1.54, 1.807) is 0 Å². The van der Waals surface area contributed by atoms with Gasteiger partial charge >= 0.3 is 0 Å². The molecule has 0 saturated heterocycles. The Morgan fingerprint density at radius 1 is 0.217 bits per heavy atom. The summed E-state index contributed by atoms with van der Waals surface area (Å²) in [6.07, 6.45) is 0. The van der Waals surface area contributed by atoms with Crippen molar-refractivity contribution in [2.75, 3.05) is 66.2 Å². The van der Waals surface area contributed by atoms with Crippen LogP contribution in [0.1, 0.15) is 44.5 Å². The van der Waals surface area contributed by atoms with Gasteiger partial charge in [-0.2, -0.15) is 20.5 Å². The number of nitrogens with zero attached hydrogens (tertiary/aromatic N) is 8. The van der Waals surface area contributed by atoms with E-state index in [0.29, 0.717) is 49.2 Å². The molecular weight excluding hydrogens is 1750 g/mol. The number of azo groups is 2. The fourth-order valence-electron chi connectivity index (χ4n) is 13.1. The summed E-state index contributed by atoms with van der Waals surface area (Å²) < 4.78 is 91.1. The highest BCUT2D eigenvalue weighted by molar-refractivity contribution is 7.86. The van der Waals surface area contributed by atoms with Crippen LogP contribution in [0.5, 0.6) is 23.0 Å². The monoisotopic (exact) mass is 1870 g/mol. The van der Waals surface area contributed by atoms with Crippen molar-refractivity contribution < 1.29 is 53.9 Å². The van der Waals surface area contributed by atoms with Gasteiger partial charge in [-0.25, -0.2) is 16.8 Å². The van der Waals surface area contributed by atoms with Crippen molar-refractivity contribution in [2.24, 2.45) is 20.5 Å². The number of benzene rings is 17. The predicted octanol–water partition coefficient (Wildman–Crippen LogP) is 27.8. The first-order valence-electron chi connectivity index (χ1n) is 45.0. The molecule has 17 aromatic rings. The quantitative estimate of drug-likeness (QED) is 0.0255. The number of hydrogen-bond acceptors (Lipinski definition) is 16. The van der Waals surface area contributed by atoms with Crippen molar-refractivity contribution in [3.05, 3.63) is 542 Å². The lowest BCUT2D eigenvalue weighted by atomic mass is 10.1. The molecule has 0 radical (unpaired) electrons. The molecule has 0 aliphatic rings. The van der Waals surface area contributed by atoms with Crippen LogP contribution in [0.4, 0.5) is 34.1 Å². The molecule has 0 spiro atoms. The van der Waals surface area contributed by atoms with Gasteiger partial charge in [-0.05, 0) is 144 Å². The molecule has 706 valence electrons. The van der Waals surface area contributed by atoms with Gasteiger partial charge in [-0.1, -0.05) is 364 Å². The normalized spacial score (nSPS) is 10.7. The van der Waals surface area contributed by atoms with Gasteiger partial charge in [0.05, 0.1) is 60.7 Å². The smallest absolute Gasteiger partial charge is 0.124 e. The zero-order chi connectivity index (χ0) is 98.0. The first-order valence-corrected chi connectivity index (χ1v) is 47.8. The van der Waals surface area contributed by atoms with Crippen LogP contribution >= 0.6 is 0 Å². The maximum absolute atomic E-state index is 10.8. The molecule has 17 aromatic carbocycles. The van der Waals surface area contributed by atoms with Crippen LogP contribution in [-0.4, -0.2) is 91.3 Å². The molecular formula is C118H122N8O10S2. The Labute approximate surface area is 816 Å². The molecule has 138 heavy (non-hydrogen) atoms. The number of quaternary nitrogens is 2. The number of rotatable bonds is 28. The topological polar surface area (TPSA) is 207 Å². The van der Waals surface area contributed by atoms with E-state index in [4.69, 9.17) is 18.9 Å². The average Bonchev–Trinajstić information content (AvgIpc) is 0.829. The highest BCUT2D eigenvalue weighted by atomic mass is 32.2. The summed E-state index contributed by atoms with van der Waals surface area (Å²) in [5.41, 5.74) is 14.1. The van der Waals surface area contributed by atoms with Gasteiger partial charge < -0.3 is 46.8 Å². The minimum atomic E-state index is -4.43. The molecule has 0 bridgehead atoms. The number of ether oxygens (including phenoxy) is 4. The van der Waals surface area contributed by atoms with E-state index in [9.17, 15) is 25.9 Å². The van der Waals surface area contributed by atoms with Crippen molar-refractivity contribution in [2.45, 2.75) is 62.4 Å². The Morgan fingerprint density at radius 2 is 0.377 bits per heavy atom. The lowest BCUT2D eigenvalue weighted by molar-refractivity contribution is -0.916. The lowest BCUT2D eigenvalue weighted by Crippen LogP contribution is -2.37. The molecule has 0 amide bonds. The van der Waals surface area contributed by atoms with E-state index in [2.05, 4.69) is 182 Å². The lowest BCUT2D eigenvalue weighted by Gasteiger charge is -2.30. The minimum absolute atomic E-state index is 0.281. The molecule has 18 nitrogen and oxygen atoms in total. The predicted molar refractivity (Wildman–Crippen MR) is 559 cm³/mol. The maximum atomic E-state index is 10.8. The van der Waals surface area contributed by atoms with Crippen LogP contribution in [0, 0.1) is 0 Å². The average molecular weight is 1880 g/mol. The fourth-order valence-corrected chi connectivity index (χ4v) is 14.1. The van der Waals surface area contributed by atoms with Crippen LogP contribution in [0.15, 0.2) is 528 Å². The van der Waals surface area contributed by atoms with E-state index in [0.717, 1.165) is 91.8 Å². The molecule has 0 atom stereocenters. The van der Waals surface area contributed by atoms with Crippen LogP contribution in [0.3, 0.4) is 0 Å². The minimum Gasteiger partial charge on any atom is -0.744 e. The number of hydrogen-bond donors (Lipinski definition) is 0. The van der Waals surface area contributed by atoms with E-state index in [1.165, 1.54) is 70.8 Å². The molecule has 0 fully saturated rings. The van der Waals surface area contributed by atoms with Crippen LogP contribution in [-0.2, 0) is 72.8 Å². The van der Waals surface area contributed by atoms with Crippen LogP contribution in [0.2, 0.25) is 0 Å². The molecule has 0 N–H and O–H groups in total. The van der Waals surface area contributed by atoms with E-state index in [1.807, 2.05) is 353 Å². The van der Waals surface area contributed by atoms with Crippen LogP contribution < -0.4 is 28.7 Å². The highest BCUT2D eigenvalue weighted by Gasteiger charge is 2.21. The highest BCUT2D eigenvalue weighted by Crippen LogP contribution is 2.31. The van der Waals surface area contributed by atoms with Crippen molar-refractivity contribution in [1.29, 1.82) is 0 Å². The second kappa shape index (κ2) is 59.3. The Bertz CT molecular complexity index is 5670. The van der Waals surface area contributed by atoms with Gasteiger partial charge in [0.15, 0.2) is 0 Å². The SMILES string of the molecule is CN(C)c1ccc(N=Nc2ccc(S(=O)(=O)[O-])cc2)cc1.CN(C)c1ccc(N=Nc2ccc(S(=O)(=O)[O-])cc2)cc1.C[N+](C)(Cc1ccccc1)Cc1cc(OCc2ccccc2)cc(OCc2ccccc2)c1.C[N+](C)(Cc1ccccc1)Cc1cc(OCc2ccccc2)cc(OCc2ccccc2)c1.c1ccccc1.c1ccccc1.c1ccccc1.c1ccccc1.c1ccccc1. The molecule has 0 aliphatic carbocycles. The third-order valence-electron chi connectivity index (χ3n) is 19.9. The third-order valence-corrected chi connectivity index (χ3v) is 21.6. The van der Waals surface area contributed by atoms with Gasteiger partial charge in [0.2, 0.25) is 0 Å². The summed E-state index contributed by atoms with van der Waals surface area (Å²) in [5.74, 6) is 3.33. The van der Waals surface area contributed by atoms with Crippen LogP contribution in [0.25, 0.3) is 0 Å². The fraction of sp³-hybridized carbons (Fsp3) is 0.136. The van der Waals surface area contributed by atoms with Gasteiger partial charge in [0, 0.05) is 74.0 Å². The molecule has 20 heteroatoms. The third kappa shape index (κ3) is 44.6. The second-order valence-electron chi connectivity index (χ2n) is 33.1. The van der Waals surface area contributed by atoms with Crippen molar-refractivity contribution in [1.82, 2.24) is 0 Å². The summed E-state index contributed by atoms with van der Waals surface area (Å²) in [6, 6.07) is 160. The first kappa shape index (κ1) is 106. The van der Waals surface area contributed by atoms with E-state index >= 15 is 0 Å². The molecule has 0 heterocycles. The van der Waals surface area contributed by atoms with Crippen molar-refractivity contribution in [3.63, 3.8) is 0 Å². The van der Waals surface area contributed by atoms with Gasteiger partial charge in [-0.15, -0.1) is 0 Å². The zero-order valence-electron chi connectivity index (χ0n) is 79.5. The maximum Gasteiger partial charge on any atom is 0.124 e. The van der Waals surface area contributed by atoms with Gasteiger partial charge in [0.25, 0.3) is 0 Å². The molecule has 17 rings (SSSR count). The summed E-state index contributed by atoms with van der Waals surface area (Å²) >= 11 is 0. The molecule has 0 aromatic heterocycles. The summed E-state index contributed by atoms with van der Waals surface area (Å²) in [5, 5.41) is 16.1. The van der Waals surface area contributed by atoms with E-state index in [-0.39, 0.29) is 9.79 Å². The molecule has 0 unspecified atom stereocenters. The Morgan fingerprint density at radius 3 is 0.551 bits per heavy atom. The van der Waals surface area contributed by atoms with Gasteiger partial charge in [0.1, 0.15) is 95.8 Å². The molecule has 0 saturated carbocycles. The van der Waals surface area contributed by atoms with Gasteiger partial charge in [-0.3, -0.25) is 0 Å². The second-order valence-corrected chi connectivity index (χ2v) is 35.8. The molecule has 0 aliphatic heterocycles.